The highest BCUT2D eigenvalue weighted by Gasteiger charge is 2.28. The van der Waals surface area contributed by atoms with Crippen LogP contribution in [0.4, 0.5) is 0 Å². The lowest BCUT2D eigenvalue weighted by Gasteiger charge is -2.21. The standard InChI is InChI=1S/C8H17OP/c1-10(2)8-5-3-4-7(8)6-9/h7-9H,3-6H2,1-2H3/t7?,8-/m0/s1. The van der Waals surface area contributed by atoms with E-state index in [0.717, 1.165) is 5.66 Å². The molecule has 0 bridgehead atoms. The van der Waals surface area contributed by atoms with Gasteiger partial charge < -0.3 is 5.11 Å². The summed E-state index contributed by atoms with van der Waals surface area (Å²) in [6.07, 6.45) is 3.97. The Balaban J connectivity index is 2.42. The van der Waals surface area contributed by atoms with Gasteiger partial charge in [-0.2, -0.15) is 0 Å². The maximum atomic E-state index is 9.00. The van der Waals surface area contributed by atoms with Crippen molar-refractivity contribution in [1.29, 1.82) is 0 Å². The van der Waals surface area contributed by atoms with Crippen molar-refractivity contribution in [1.82, 2.24) is 0 Å². The molecular weight excluding hydrogens is 143 g/mol. The fraction of sp³-hybridized carbons (Fsp3) is 1.00. The van der Waals surface area contributed by atoms with Crippen LogP contribution in [0.3, 0.4) is 0 Å². The molecule has 0 saturated heterocycles. The zero-order chi connectivity index (χ0) is 7.56. The third-order valence-electron chi connectivity index (χ3n) is 2.52. The molecule has 0 aromatic rings. The molecule has 1 rings (SSSR count). The second-order valence-electron chi connectivity index (χ2n) is 3.40. The van der Waals surface area contributed by atoms with Crippen molar-refractivity contribution in [2.75, 3.05) is 19.9 Å². The quantitative estimate of drug-likeness (QED) is 0.611. The number of rotatable bonds is 2. The Kier molecular flexibility index (Phi) is 3.13. The normalized spacial score (nSPS) is 33.6. The minimum atomic E-state index is 0.193. The van der Waals surface area contributed by atoms with Gasteiger partial charge in [0.2, 0.25) is 0 Å². The van der Waals surface area contributed by atoms with E-state index in [4.69, 9.17) is 5.11 Å². The van der Waals surface area contributed by atoms with Crippen LogP contribution in [0.15, 0.2) is 0 Å². The highest BCUT2D eigenvalue weighted by molar-refractivity contribution is 7.56. The fourth-order valence-corrected chi connectivity index (χ4v) is 3.70. The first-order chi connectivity index (χ1) is 4.75. The van der Waals surface area contributed by atoms with Crippen LogP contribution < -0.4 is 0 Å². The SMILES string of the molecule is CP(C)[C@H]1CCCC1CO. The van der Waals surface area contributed by atoms with Crippen LogP contribution >= 0.6 is 7.92 Å². The van der Waals surface area contributed by atoms with E-state index in [1.807, 2.05) is 0 Å². The monoisotopic (exact) mass is 160 g/mol. The second kappa shape index (κ2) is 3.69. The molecule has 0 heterocycles. The summed E-state index contributed by atoms with van der Waals surface area (Å²) in [5.74, 6) is 0.640. The molecule has 1 aliphatic rings. The summed E-state index contributed by atoms with van der Waals surface area (Å²) in [7, 11) is 0.193. The lowest BCUT2D eigenvalue weighted by molar-refractivity contribution is 0.232. The summed E-state index contributed by atoms with van der Waals surface area (Å²) in [6.45, 7) is 5.08. The van der Waals surface area contributed by atoms with Crippen LogP contribution in [0.1, 0.15) is 19.3 Å². The zero-order valence-corrected chi connectivity index (χ0v) is 7.77. The summed E-state index contributed by atoms with van der Waals surface area (Å²) in [4.78, 5) is 0. The number of aliphatic hydroxyl groups is 1. The molecule has 10 heavy (non-hydrogen) atoms. The molecule has 1 aliphatic carbocycles. The average molecular weight is 160 g/mol. The number of aliphatic hydroxyl groups excluding tert-OH is 1. The predicted molar refractivity (Wildman–Crippen MR) is 47.0 cm³/mol. The van der Waals surface area contributed by atoms with E-state index < -0.39 is 0 Å². The van der Waals surface area contributed by atoms with Crippen LogP contribution in [-0.2, 0) is 0 Å². The summed E-state index contributed by atoms with van der Waals surface area (Å²) in [6, 6.07) is 0. The molecule has 1 N–H and O–H groups in total. The molecule has 1 fully saturated rings. The van der Waals surface area contributed by atoms with Gasteiger partial charge in [-0.05, 0) is 37.7 Å². The van der Waals surface area contributed by atoms with E-state index in [1.54, 1.807) is 0 Å². The Morgan fingerprint density at radius 2 is 2.10 bits per heavy atom. The van der Waals surface area contributed by atoms with Gasteiger partial charge in [0, 0.05) is 6.61 Å². The molecule has 60 valence electrons. The predicted octanol–water partition coefficient (Wildman–Crippen LogP) is 1.89. The Hall–Kier alpha value is 0.390. The summed E-state index contributed by atoms with van der Waals surface area (Å²) in [5.41, 5.74) is 0.861. The molecule has 2 heteroatoms. The van der Waals surface area contributed by atoms with E-state index in [9.17, 15) is 0 Å². The molecule has 0 amide bonds. The Morgan fingerprint density at radius 1 is 1.40 bits per heavy atom. The van der Waals surface area contributed by atoms with E-state index in [1.165, 1.54) is 19.3 Å². The van der Waals surface area contributed by atoms with Crippen molar-refractivity contribution < 1.29 is 5.11 Å². The smallest absolute Gasteiger partial charge is 0.0465 e. The van der Waals surface area contributed by atoms with Gasteiger partial charge in [0.05, 0.1) is 0 Å². The largest absolute Gasteiger partial charge is 0.396 e. The molecule has 0 spiro atoms. The zero-order valence-electron chi connectivity index (χ0n) is 6.88. The molecule has 1 unspecified atom stereocenters. The van der Waals surface area contributed by atoms with Crippen molar-refractivity contribution >= 4 is 7.92 Å². The Labute approximate surface area is 64.6 Å². The maximum Gasteiger partial charge on any atom is 0.0465 e. The van der Waals surface area contributed by atoms with Crippen molar-refractivity contribution in [3.63, 3.8) is 0 Å². The summed E-state index contributed by atoms with van der Waals surface area (Å²) < 4.78 is 0. The maximum absolute atomic E-state index is 9.00. The Bertz CT molecular complexity index is 103. The van der Waals surface area contributed by atoms with Gasteiger partial charge in [-0.1, -0.05) is 6.42 Å². The van der Waals surface area contributed by atoms with Gasteiger partial charge in [0.15, 0.2) is 0 Å². The third-order valence-corrected chi connectivity index (χ3v) is 4.52. The molecule has 0 radical (unpaired) electrons. The first-order valence-corrected chi connectivity index (χ1v) is 6.33. The van der Waals surface area contributed by atoms with E-state index >= 15 is 0 Å². The van der Waals surface area contributed by atoms with Crippen LogP contribution in [0.5, 0.6) is 0 Å². The van der Waals surface area contributed by atoms with Crippen molar-refractivity contribution in [2.24, 2.45) is 5.92 Å². The van der Waals surface area contributed by atoms with E-state index in [0.29, 0.717) is 12.5 Å². The molecule has 1 saturated carbocycles. The van der Waals surface area contributed by atoms with Gasteiger partial charge in [-0.3, -0.25) is 0 Å². The van der Waals surface area contributed by atoms with Crippen molar-refractivity contribution in [3.05, 3.63) is 0 Å². The highest BCUT2D eigenvalue weighted by atomic mass is 31.1. The lowest BCUT2D eigenvalue weighted by atomic mass is 10.1. The molecule has 0 aromatic heterocycles. The van der Waals surface area contributed by atoms with Crippen LogP contribution in [0.2, 0.25) is 0 Å². The van der Waals surface area contributed by atoms with Crippen LogP contribution in [0, 0.1) is 5.92 Å². The fourth-order valence-electron chi connectivity index (χ4n) is 1.91. The first kappa shape index (κ1) is 8.49. The van der Waals surface area contributed by atoms with Gasteiger partial charge in [0.25, 0.3) is 0 Å². The third kappa shape index (κ3) is 1.71. The van der Waals surface area contributed by atoms with Gasteiger partial charge in [-0.15, -0.1) is 7.92 Å². The van der Waals surface area contributed by atoms with E-state index in [-0.39, 0.29) is 7.92 Å². The van der Waals surface area contributed by atoms with E-state index in [2.05, 4.69) is 13.3 Å². The van der Waals surface area contributed by atoms with Gasteiger partial charge in [0.1, 0.15) is 0 Å². The lowest BCUT2D eigenvalue weighted by Crippen LogP contribution is -2.15. The summed E-state index contributed by atoms with van der Waals surface area (Å²) in [5, 5.41) is 9.00. The Morgan fingerprint density at radius 3 is 2.50 bits per heavy atom. The summed E-state index contributed by atoms with van der Waals surface area (Å²) >= 11 is 0. The molecule has 2 atom stereocenters. The second-order valence-corrected chi connectivity index (χ2v) is 6.00. The van der Waals surface area contributed by atoms with Crippen molar-refractivity contribution in [2.45, 2.75) is 24.9 Å². The minimum absolute atomic E-state index is 0.193. The molecule has 0 aliphatic heterocycles. The van der Waals surface area contributed by atoms with Crippen LogP contribution in [-0.4, -0.2) is 30.7 Å². The number of hydrogen-bond acceptors (Lipinski definition) is 1. The van der Waals surface area contributed by atoms with Gasteiger partial charge >= 0.3 is 0 Å². The highest BCUT2D eigenvalue weighted by Crippen LogP contribution is 2.45. The molecule has 0 aromatic carbocycles. The number of hydrogen-bond donors (Lipinski definition) is 1. The minimum Gasteiger partial charge on any atom is -0.396 e. The van der Waals surface area contributed by atoms with Crippen LogP contribution in [0.25, 0.3) is 0 Å². The van der Waals surface area contributed by atoms with Gasteiger partial charge in [-0.25, -0.2) is 0 Å². The first-order valence-electron chi connectivity index (χ1n) is 4.03. The topological polar surface area (TPSA) is 20.2 Å². The van der Waals surface area contributed by atoms with Crippen molar-refractivity contribution in [3.8, 4) is 0 Å². The average Bonchev–Trinajstić information content (AvgIpc) is 2.33. The molecule has 1 nitrogen and oxygen atoms in total. The molecular formula is C8H17OP.